The zero-order valence-electron chi connectivity index (χ0n) is 12.6. The first-order chi connectivity index (χ1) is 10.6. The van der Waals surface area contributed by atoms with Crippen LogP contribution in [0.15, 0.2) is 30.5 Å². The van der Waals surface area contributed by atoms with Crippen molar-refractivity contribution in [2.24, 2.45) is 0 Å². The fourth-order valence-electron chi connectivity index (χ4n) is 2.05. The smallest absolute Gasteiger partial charge is 0.323 e. The van der Waals surface area contributed by atoms with Crippen LogP contribution in [0.25, 0.3) is 5.69 Å². The minimum atomic E-state index is -0.288. The second-order valence-electron chi connectivity index (χ2n) is 4.79. The van der Waals surface area contributed by atoms with Crippen molar-refractivity contribution in [2.75, 3.05) is 25.0 Å². The largest absolute Gasteiger partial charge is 0.395 e. The third kappa shape index (κ3) is 3.58. The van der Waals surface area contributed by atoms with E-state index in [1.165, 1.54) is 4.90 Å². The van der Waals surface area contributed by atoms with E-state index in [2.05, 4.69) is 10.4 Å². The standard InChI is InChI=1S/C15H19ClN4O2/c1-3-19(8-9-21)15(22)17-14-11(2)10-20(18-14)13-7-5-4-6-12(13)16/h4-7,10,21H,3,8-9H2,1-2H3,(H,17,18,22). The third-order valence-electron chi connectivity index (χ3n) is 3.26. The highest BCUT2D eigenvalue weighted by Crippen LogP contribution is 2.22. The van der Waals surface area contributed by atoms with E-state index >= 15 is 0 Å². The zero-order chi connectivity index (χ0) is 16.1. The Hall–Kier alpha value is -2.05. The second kappa shape index (κ2) is 7.29. The summed E-state index contributed by atoms with van der Waals surface area (Å²) in [6, 6.07) is 7.07. The lowest BCUT2D eigenvalue weighted by Gasteiger charge is -2.19. The predicted octanol–water partition coefficient (Wildman–Crippen LogP) is 2.68. The number of amides is 2. The molecule has 0 radical (unpaired) electrons. The summed E-state index contributed by atoms with van der Waals surface area (Å²) in [5, 5.41) is 16.7. The molecule has 2 amide bonds. The van der Waals surface area contributed by atoms with E-state index in [-0.39, 0.29) is 19.2 Å². The van der Waals surface area contributed by atoms with Gasteiger partial charge < -0.3 is 10.0 Å². The molecule has 0 aliphatic carbocycles. The lowest BCUT2D eigenvalue weighted by atomic mass is 10.3. The van der Waals surface area contributed by atoms with Gasteiger partial charge in [-0.05, 0) is 26.0 Å². The third-order valence-corrected chi connectivity index (χ3v) is 3.58. The first-order valence-corrected chi connectivity index (χ1v) is 7.42. The molecule has 7 heteroatoms. The molecule has 6 nitrogen and oxygen atoms in total. The van der Waals surface area contributed by atoms with Gasteiger partial charge in [0.2, 0.25) is 0 Å². The molecule has 118 valence electrons. The molecular weight excluding hydrogens is 304 g/mol. The molecule has 0 spiro atoms. The molecule has 0 saturated heterocycles. The van der Waals surface area contributed by atoms with Crippen LogP contribution in [0.5, 0.6) is 0 Å². The number of carbonyl (C=O) groups is 1. The number of nitrogens with zero attached hydrogens (tertiary/aromatic N) is 3. The molecule has 1 aromatic carbocycles. The maximum atomic E-state index is 12.1. The maximum Gasteiger partial charge on any atom is 0.323 e. The molecular formula is C15H19ClN4O2. The van der Waals surface area contributed by atoms with E-state index in [9.17, 15) is 4.79 Å². The van der Waals surface area contributed by atoms with Crippen LogP contribution in [0.3, 0.4) is 0 Å². The molecule has 0 aliphatic rings. The highest BCUT2D eigenvalue weighted by Gasteiger charge is 2.15. The fourth-order valence-corrected chi connectivity index (χ4v) is 2.27. The van der Waals surface area contributed by atoms with Gasteiger partial charge in [0, 0.05) is 24.8 Å². The van der Waals surface area contributed by atoms with Gasteiger partial charge in [0.1, 0.15) is 0 Å². The Morgan fingerprint density at radius 1 is 1.45 bits per heavy atom. The number of hydrogen-bond acceptors (Lipinski definition) is 3. The molecule has 2 aromatic rings. The van der Waals surface area contributed by atoms with Gasteiger partial charge in [-0.25, -0.2) is 9.48 Å². The number of aromatic nitrogens is 2. The topological polar surface area (TPSA) is 70.4 Å². The van der Waals surface area contributed by atoms with Crippen molar-refractivity contribution in [2.45, 2.75) is 13.8 Å². The Balaban J connectivity index is 2.20. The highest BCUT2D eigenvalue weighted by molar-refractivity contribution is 6.32. The Morgan fingerprint density at radius 2 is 2.18 bits per heavy atom. The molecule has 22 heavy (non-hydrogen) atoms. The van der Waals surface area contributed by atoms with Gasteiger partial charge in [-0.2, -0.15) is 0 Å². The number of rotatable bonds is 5. The summed E-state index contributed by atoms with van der Waals surface area (Å²) in [7, 11) is 0. The molecule has 1 aromatic heterocycles. The van der Waals surface area contributed by atoms with E-state index in [0.717, 1.165) is 11.3 Å². The molecule has 0 bridgehead atoms. The van der Waals surface area contributed by atoms with Crippen LogP contribution in [-0.4, -0.2) is 45.5 Å². The molecule has 0 unspecified atom stereocenters. The first kappa shape index (κ1) is 16.3. The lowest BCUT2D eigenvalue weighted by molar-refractivity contribution is 0.192. The summed E-state index contributed by atoms with van der Waals surface area (Å²) in [4.78, 5) is 13.6. The van der Waals surface area contributed by atoms with Gasteiger partial charge in [-0.3, -0.25) is 5.32 Å². The Bertz CT molecular complexity index is 657. The van der Waals surface area contributed by atoms with Crippen LogP contribution in [0.2, 0.25) is 5.02 Å². The summed E-state index contributed by atoms with van der Waals surface area (Å²) in [5.74, 6) is 0.473. The lowest BCUT2D eigenvalue weighted by Crippen LogP contribution is -2.37. The number of likely N-dealkylation sites (N-methyl/N-ethyl adjacent to an activating group) is 1. The summed E-state index contributed by atoms with van der Waals surface area (Å²) in [6.07, 6.45) is 1.80. The monoisotopic (exact) mass is 322 g/mol. The van der Waals surface area contributed by atoms with Crippen molar-refractivity contribution in [1.29, 1.82) is 0 Å². The number of hydrogen-bond donors (Lipinski definition) is 2. The minimum Gasteiger partial charge on any atom is -0.395 e. The number of carbonyl (C=O) groups excluding carboxylic acids is 1. The quantitative estimate of drug-likeness (QED) is 0.889. The van der Waals surface area contributed by atoms with Crippen molar-refractivity contribution in [1.82, 2.24) is 14.7 Å². The Kier molecular flexibility index (Phi) is 5.41. The van der Waals surface area contributed by atoms with E-state index < -0.39 is 0 Å². The van der Waals surface area contributed by atoms with Crippen LogP contribution >= 0.6 is 11.6 Å². The van der Waals surface area contributed by atoms with Gasteiger partial charge in [0.15, 0.2) is 5.82 Å². The first-order valence-electron chi connectivity index (χ1n) is 7.04. The van der Waals surface area contributed by atoms with E-state index in [4.69, 9.17) is 16.7 Å². The highest BCUT2D eigenvalue weighted by atomic mass is 35.5. The van der Waals surface area contributed by atoms with Crippen molar-refractivity contribution in [3.63, 3.8) is 0 Å². The SMILES string of the molecule is CCN(CCO)C(=O)Nc1nn(-c2ccccc2Cl)cc1C. The number of nitrogens with one attached hydrogen (secondary N) is 1. The van der Waals surface area contributed by atoms with Crippen LogP contribution in [-0.2, 0) is 0 Å². The molecule has 1 heterocycles. The summed E-state index contributed by atoms with van der Waals surface area (Å²) >= 11 is 6.16. The fraction of sp³-hybridized carbons (Fsp3) is 0.333. The number of aliphatic hydroxyl groups excluding tert-OH is 1. The maximum absolute atomic E-state index is 12.1. The van der Waals surface area contributed by atoms with Gasteiger partial charge in [-0.15, -0.1) is 5.10 Å². The summed E-state index contributed by atoms with van der Waals surface area (Å²) in [6.45, 7) is 4.43. The van der Waals surface area contributed by atoms with Crippen LogP contribution in [0.4, 0.5) is 10.6 Å². The minimum absolute atomic E-state index is 0.0751. The second-order valence-corrected chi connectivity index (χ2v) is 5.20. The number of para-hydroxylation sites is 1. The van der Waals surface area contributed by atoms with E-state index in [0.29, 0.717) is 17.4 Å². The predicted molar refractivity (Wildman–Crippen MR) is 86.7 cm³/mol. The zero-order valence-corrected chi connectivity index (χ0v) is 13.3. The molecule has 0 aliphatic heterocycles. The Labute approximate surface area is 134 Å². The molecule has 0 fully saturated rings. The number of urea groups is 1. The number of anilines is 1. The van der Waals surface area contributed by atoms with Crippen molar-refractivity contribution >= 4 is 23.4 Å². The van der Waals surface area contributed by atoms with Gasteiger partial charge in [-0.1, -0.05) is 23.7 Å². The number of aliphatic hydroxyl groups is 1. The number of benzene rings is 1. The van der Waals surface area contributed by atoms with Gasteiger partial charge >= 0.3 is 6.03 Å². The normalized spacial score (nSPS) is 10.5. The average Bonchev–Trinajstić information content (AvgIpc) is 2.86. The molecule has 2 rings (SSSR count). The summed E-state index contributed by atoms with van der Waals surface area (Å²) < 4.78 is 1.63. The molecule has 0 saturated carbocycles. The van der Waals surface area contributed by atoms with E-state index in [1.807, 2.05) is 32.0 Å². The van der Waals surface area contributed by atoms with Crippen molar-refractivity contribution in [3.05, 3.63) is 41.0 Å². The van der Waals surface area contributed by atoms with Crippen LogP contribution in [0, 0.1) is 6.92 Å². The Morgan fingerprint density at radius 3 is 2.82 bits per heavy atom. The van der Waals surface area contributed by atoms with Gasteiger partial charge in [0.25, 0.3) is 0 Å². The average molecular weight is 323 g/mol. The summed E-state index contributed by atoms with van der Waals surface area (Å²) in [5.41, 5.74) is 1.57. The van der Waals surface area contributed by atoms with Crippen molar-refractivity contribution < 1.29 is 9.90 Å². The molecule has 2 N–H and O–H groups in total. The van der Waals surface area contributed by atoms with Crippen LogP contribution < -0.4 is 5.32 Å². The number of aryl methyl sites for hydroxylation is 1. The van der Waals surface area contributed by atoms with Gasteiger partial charge in [0.05, 0.1) is 17.3 Å². The molecule has 0 atom stereocenters. The van der Waals surface area contributed by atoms with Crippen LogP contribution in [0.1, 0.15) is 12.5 Å². The number of halogens is 1. The van der Waals surface area contributed by atoms with E-state index in [1.54, 1.807) is 16.9 Å². The van der Waals surface area contributed by atoms with Crippen molar-refractivity contribution in [3.8, 4) is 5.69 Å².